The van der Waals surface area contributed by atoms with E-state index in [1.807, 2.05) is 6.92 Å². The molecule has 2 fully saturated rings. The Kier molecular flexibility index (Phi) is 4.54. The number of carbonyl (C=O) groups excluding carboxylic acids is 1. The van der Waals surface area contributed by atoms with Crippen LogP contribution in [0, 0.1) is 34.5 Å². The van der Waals surface area contributed by atoms with E-state index in [1.165, 1.54) is 0 Å². The molecule has 5 nitrogen and oxygen atoms in total. The zero-order valence-corrected chi connectivity index (χ0v) is 12.6. The molecule has 0 radical (unpaired) electrons. The fourth-order valence-electron chi connectivity index (χ4n) is 2.93. The van der Waals surface area contributed by atoms with E-state index in [4.69, 9.17) is 9.47 Å². The fraction of sp³-hybridized carbons (Fsp3) is 0.867. The molecule has 2 heterocycles. The molecule has 0 bridgehead atoms. The molecule has 0 N–H and O–H groups in total. The first-order chi connectivity index (χ1) is 9.45. The normalized spacial score (nSPS) is 28.6. The van der Waals surface area contributed by atoms with Crippen LogP contribution in [-0.2, 0) is 9.47 Å². The van der Waals surface area contributed by atoms with Gasteiger partial charge in [0.25, 0.3) is 0 Å². The van der Waals surface area contributed by atoms with Crippen LogP contribution in [0.1, 0.15) is 27.2 Å². The van der Waals surface area contributed by atoms with Gasteiger partial charge in [0, 0.05) is 18.5 Å². The van der Waals surface area contributed by atoms with Gasteiger partial charge in [-0.05, 0) is 18.3 Å². The highest BCUT2D eigenvalue weighted by Crippen LogP contribution is 2.31. The number of hydrogen-bond acceptors (Lipinski definition) is 4. The van der Waals surface area contributed by atoms with Crippen molar-refractivity contribution in [3.05, 3.63) is 0 Å². The highest BCUT2D eigenvalue weighted by atomic mass is 16.6. The van der Waals surface area contributed by atoms with E-state index in [2.05, 4.69) is 19.9 Å². The number of rotatable bonds is 3. The molecule has 5 heteroatoms. The Hall–Kier alpha value is -1.28. The second kappa shape index (κ2) is 6.01. The second-order valence-electron chi connectivity index (χ2n) is 6.74. The Balaban J connectivity index is 1.84. The molecular weight excluding hydrogens is 256 g/mol. The first-order valence-electron chi connectivity index (χ1n) is 7.34. The van der Waals surface area contributed by atoms with Crippen LogP contribution in [-0.4, -0.2) is 43.9 Å². The van der Waals surface area contributed by atoms with Crippen LogP contribution in [0.4, 0.5) is 4.79 Å². The van der Waals surface area contributed by atoms with Crippen molar-refractivity contribution in [2.45, 2.75) is 27.2 Å². The van der Waals surface area contributed by atoms with Gasteiger partial charge in [-0.3, -0.25) is 0 Å². The molecule has 0 spiro atoms. The van der Waals surface area contributed by atoms with Gasteiger partial charge in [-0.2, -0.15) is 5.26 Å². The number of nitrogens with zero attached hydrogens (tertiary/aromatic N) is 2. The topological polar surface area (TPSA) is 62.6 Å². The fourth-order valence-corrected chi connectivity index (χ4v) is 2.93. The molecule has 20 heavy (non-hydrogen) atoms. The molecular formula is C15H24N2O3. The van der Waals surface area contributed by atoms with Crippen molar-refractivity contribution in [2.75, 3.05) is 32.9 Å². The molecule has 2 rings (SSSR count). The van der Waals surface area contributed by atoms with Crippen molar-refractivity contribution in [1.82, 2.24) is 4.90 Å². The van der Waals surface area contributed by atoms with Crippen molar-refractivity contribution >= 4 is 6.09 Å². The smallest absolute Gasteiger partial charge is 0.409 e. The predicted molar refractivity (Wildman–Crippen MR) is 73.9 cm³/mol. The highest BCUT2D eigenvalue weighted by molar-refractivity contribution is 5.67. The van der Waals surface area contributed by atoms with E-state index in [0.717, 1.165) is 6.42 Å². The molecule has 0 aromatic carbocycles. The van der Waals surface area contributed by atoms with Crippen LogP contribution in [0.25, 0.3) is 0 Å². The molecule has 2 aliphatic rings. The zero-order chi connectivity index (χ0) is 14.8. The van der Waals surface area contributed by atoms with Crippen molar-refractivity contribution < 1.29 is 14.3 Å². The van der Waals surface area contributed by atoms with Crippen LogP contribution in [0.3, 0.4) is 0 Å². The minimum Gasteiger partial charge on any atom is -0.449 e. The molecule has 1 amide bonds. The Morgan fingerprint density at radius 1 is 1.55 bits per heavy atom. The molecule has 0 aromatic rings. The van der Waals surface area contributed by atoms with Gasteiger partial charge in [0.15, 0.2) is 0 Å². The summed E-state index contributed by atoms with van der Waals surface area (Å²) in [5.41, 5.74) is -0.0272. The Morgan fingerprint density at radius 2 is 2.25 bits per heavy atom. The summed E-state index contributed by atoms with van der Waals surface area (Å²) in [6.07, 6.45) is 0.589. The van der Waals surface area contributed by atoms with Crippen molar-refractivity contribution in [2.24, 2.45) is 23.2 Å². The van der Waals surface area contributed by atoms with Crippen LogP contribution in [0.15, 0.2) is 0 Å². The average Bonchev–Trinajstić information content (AvgIpc) is 2.41. The van der Waals surface area contributed by atoms with Crippen molar-refractivity contribution in [1.29, 1.82) is 5.26 Å². The highest BCUT2D eigenvalue weighted by Gasteiger charge is 2.37. The molecule has 2 aliphatic heterocycles. The summed E-state index contributed by atoms with van der Waals surface area (Å²) >= 11 is 0. The van der Waals surface area contributed by atoms with E-state index in [1.54, 1.807) is 4.90 Å². The number of ether oxygens (including phenoxy) is 2. The average molecular weight is 280 g/mol. The van der Waals surface area contributed by atoms with Crippen molar-refractivity contribution in [3.63, 3.8) is 0 Å². The number of hydrogen-bond donors (Lipinski definition) is 0. The van der Waals surface area contributed by atoms with E-state index in [9.17, 15) is 10.1 Å². The molecule has 112 valence electrons. The summed E-state index contributed by atoms with van der Waals surface area (Å²) in [4.78, 5) is 13.8. The lowest BCUT2D eigenvalue weighted by Crippen LogP contribution is -2.48. The molecule has 2 saturated heterocycles. The van der Waals surface area contributed by atoms with Gasteiger partial charge in [-0.1, -0.05) is 20.8 Å². The molecule has 0 saturated carbocycles. The predicted octanol–water partition coefficient (Wildman–Crippen LogP) is 2.28. The molecule has 2 unspecified atom stereocenters. The first kappa shape index (κ1) is 15.1. The quantitative estimate of drug-likeness (QED) is 0.795. The summed E-state index contributed by atoms with van der Waals surface area (Å²) in [5, 5.41) is 9.27. The molecule has 0 aliphatic carbocycles. The van der Waals surface area contributed by atoms with Gasteiger partial charge in [0.05, 0.1) is 25.2 Å². The van der Waals surface area contributed by atoms with Gasteiger partial charge >= 0.3 is 6.09 Å². The number of carbonyl (C=O) groups is 1. The number of amides is 1. The Bertz CT molecular complexity index is 398. The second-order valence-corrected chi connectivity index (χ2v) is 6.74. The third-order valence-corrected chi connectivity index (χ3v) is 4.39. The lowest BCUT2D eigenvalue weighted by Gasteiger charge is -2.39. The van der Waals surface area contributed by atoms with Gasteiger partial charge in [0.1, 0.15) is 6.61 Å². The largest absolute Gasteiger partial charge is 0.449 e. The van der Waals surface area contributed by atoms with Gasteiger partial charge in [0.2, 0.25) is 0 Å². The Labute approximate surface area is 120 Å². The maximum atomic E-state index is 12.1. The van der Waals surface area contributed by atoms with Crippen molar-refractivity contribution in [3.8, 4) is 6.07 Å². The van der Waals surface area contributed by atoms with E-state index in [-0.39, 0.29) is 17.4 Å². The van der Waals surface area contributed by atoms with Crippen LogP contribution in [0.2, 0.25) is 0 Å². The monoisotopic (exact) mass is 280 g/mol. The summed E-state index contributed by atoms with van der Waals surface area (Å²) in [6, 6.07) is 2.35. The van der Waals surface area contributed by atoms with Gasteiger partial charge in [-0.15, -0.1) is 0 Å². The maximum Gasteiger partial charge on any atom is 0.409 e. The van der Waals surface area contributed by atoms with Crippen LogP contribution in [0.5, 0.6) is 0 Å². The third kappa shape index (κ3) is 3.24. The van der Waals surface area contributed by atoms with Gasteiger partial charge in [-0.25, -0.2) is 4.79 Å². The lowest BCUT2D eigenvalue weighted by atomic mass is 9.79. The first-order valence-corrected chi connectivity index (χ1v) is 7.34. The van der Waals surface area contributed by atoms with Crippen LogP contribution < -0.4 is 0 Å². The van der Waals surface area contributed by atoms with Gasteiger partial charge < -0.3 is 14.4 Å². The molecule has 0 aromatic heterocycles. The zero-order valence-electron chi connectivity index (χ0n) is 12.6. The van der Waals surface area contributed by atoms with Crippen LogP contribution >= 0.6 is 0 Å². The number of nitriles is 1. The number of likely N-dealkylation sites (tertiary alicyclic amines) is 1. The molecule has 2 atom stereocenters. The number of piperidine rings is 1. The summed E-state index contributed by atoms with van der Waals surface area (Å²) < 4.78 is 10.5. The maximum absolute atomic E-state index is 12.1. The minimum atomic E-state index is -0.291. The Morgan fingerprint density at radius 3 is 2.75 bits per heavy atom. The summed E-state index contributed by atoms with van der Waals surface area (Å²) in [6.45, 7) is 9.20. The van der Waals surface area contributed by atoms with E-state index in [0.29, 0.717) is 44.7 Å². The third-order valence-electron chi connectivity index (χ3n) is 4.39. The van der Waals surface area contributed by atoms with E-state index >= 15 is 0 Å². The summed E-state index contributed by atoms with van der Waals surface area (Å²) in [7, 11) is 0. The van der Waals surface area contributed by atoms with E-state index < -0.39 is 0 Å². The summed E-state index contributed by atoms with van der Waals surface area (Å²) in [5.74, 6) is 0.768. The lowest BCUT2D eigenvalue weighted by molar-refractivity contribution is -0.128. The SMILES string of the molecule is CC(C)C1CCN(C(=O)OCC2(C)COC2)CC1C#N. The standard InChI is InChI=1S/C15H24N2O3/c1-11(2)13-4-5-17(7-12(13)6-16)14(18)20-10-15(3)8-19-9-15/h11-13H,4-5,7-10H2,1-3H3. The minimum absolute atomic E-state index is 0.0272.